The molecule has 2 N–H and O–H groups in total. The number of anilines is 1. The number of H-pyrrole nitrogens is 1. The molecule has 2 heterocycles. The lowest BCUT2D eigenvalue weighted by molar-refractivity contribution is 0.0928. The van der Waals surface area contributed by atoms with Crippen LogP contribution in [0.2, 0.25) is 5.02 Å². The molecule has 0 radical (unpaired) electrons. The molecule has 3 aromatic rings. The first-order valence-corrected chi connectivity index (χ1v) is 10.0. The summed E-state index contributed by atoms with van der Waals surface area (Å²) >= 11 is 5.96. The van der Waals surface area contributed by atoms with Crippen LogP contribution < -0.4 is 15.0 Å². The normalized spacial score (nSPS) is 14.6. The maximum absolute atomic E-state index is 12.6. The second-order valence-electron chi connectivity index (χ2n) is 7.08. The SMILES string of the molecule is COc1ccccc1C(=O)NC1CCN(c2cc(-c3ccc(Cl)cc3)[nH]n2)CC1. The Balaban J connectivity index is 1.35. The van der Waals surface area contributed by atoms with Crippen molar-refractivity contribution in [3.8, 4) is 17.0 Å². The van der Waals surface area contributed by atoms with Crippen LogP contribution in [0.1, 0.15) is 23.2 Å². The number of benzene rings is 2. The highest BCUT2D eigenvalue weighted by Crippen LogP contribution is 2.25. The maximum Gasteiger partial charge on any atom is 0.255 e. The van der Waals surface area contributed by atoms with Gasteiger partial charge in [-0.25, -0.2) is 0 Å². The van der Waals surface area contributed by atoms with E-state index in [2.05, 4.69) is 26.5 Å². The quantitative estimate of drug-likeness (QED) is 0.663. The molecule has 7 heteroatoms. The second kappa shape index (κ2) is 8.57. The van der Waals surface area contributed by atoms with Gasteiger partial charge in [-0.1, -0.05) is 35.9 Å². The number of hydrogen-bond acceptors (Lipinski definition) is 4. The van der Waals surface area contributed by atoms with Crippen molar-refractivity contribution >= 4 is 23.3 Å². The fraction of sp³-hybridized carbons (Fsp3) is 0.273. The lowest BCUT2D eigenvalue weighted by Crippen LogP contribution is -2.44. The van der Waals surface area contributed by atoms with Gasteiger partial charge in [-0.15, -0.1) is 0 Å². The Kier molecular flexibility index (Phi) is 5.71. The molecule has 29 heavy (non-hydrogen) atoms. The van der Waals surface area contributed by atoms with E-state index in [1.54, 1.807) is 19.2 Å². The van der Waals surface area contributed by atoms with Gasteiger partial charge in [0.25, 0.3) is 5.91 Å². The van der Waals surface area contributed by atoms with Crippen LogP contribution in [0.15, 0.2) is 54.6 Å². The molecule has 1 saturated heterocycles. The molecule has 1 amide bonds. The highest BCUT2D eigenvalue weighted by atomic mass is 35.5. The van der Waals surface area contributed by atoms with Gasteiger partial charge in [0.15, 0.2) is 5.82 Å². The summed E-state index contributed by atoms with van der Waals surface area (Å²) in [5.74, 6) is 1.42. The molecule has 1 aliphatic rings. The summed E-state index contributed by atoms with van der Waals surface area (Å²) in [6.07, 6.45) is 1.73. The third-order valence-corrected chi connectivity index (χ3v) is 5.48. The van der Waals surface area contributed by atoms with Crippen LogP contribution in [0.5, 0.6) is 5.75 Å². The number of piperidine rings is 1. The van der Waals surface area contributed by atoms with E-state index in [0.29, 0.717) is 16.3 Å². The third kappa shape index (κ3) is 4.38. The van der Waals surface area contributed by atoms with Gasteiger partial charge in [0.1, 0.15) is 5.75 Å². The Hall–Kier alpha value is -2.99. The Morgan fingerprint density at radius 1 is 1.17 bits per heavy atom. The largest absolute Gasteiger partial charge is 0.496 e. The third-order valence-electron chi connectivity index (χ3n) is 5.23. The van der Waals surface area contributed by atoms with Crippen molar-refractivity contribution in [2.45, 2.75) is 18.9 Å². The van der Waals surface area contributed by atoms with Crippen LogP contribution in [0.4, 0.5) is 5.82 Å². The molecular weight excluding hydrogens is 388 g/mol. The number of rotatable bonds is 5. The summed E-state index contributed by atoms with van der Waals surface area (Å²) in [5, 5.41) is 11.4. The number of aromatic nitrogens is 2. The molecule has 0 saturated carbocycles. The van der Waals surface area contributed by atoms with Gasteiger partial charge < -0.3 is 15.0 Å². The molecule has 150 valence electrons. The Labute approximate surface area is 174 Å². The zero-order chi connectivity index (χ0) is 20.2. The number of methoxy groups -OCH3 is 1. The molecule has 6 nitrogen and oxygen atoms in total. The van der Waals surface area contributed by atoms with Crippen LogP contribution in [-0.4, -0.2) is 42.3 Å². The maximum atomic E-state index is 12.6. The van der Waals surface area contributed by atoms with Gasteiger partial charge in [0.05, 0.1) is 18.4 Å². The molecule has 0 atom stereocenters. The average Bonchev–Trinajstić information content (AvgIpc) is 3.25. The van der Waals surface area contributed by atoms with E-state index in [1.807, 2.05) is 36.4 Å². The molecule has 0 unspecified atom stereocenters. The number of para-hydroxylation sites is 1. The van der Waals surface area contributed by atoms with Crippen LogP contribution in [0.3, 0.4) is 0 Å². The summed E-state index contributed by atoms with van der Waals surface area (Å²) in [6.45, 7) is 1.67. The summed E-state index contributed by atoms with van der Waals surface area (Å²) in [4.78, 5) is 14.8. The van der Waals surface area contributed by atoms with E-state index in [-0.39, 0.29) is 11.9 Å². The van der Waals surface area contributed by atoms with Crippen LogP contribution in [0.25, 0.3) is 11.3 Å². The minimum absolute atomic E-state index is 0.0919. The average molecular weight is 411 g/mol. The van der Waals surface area contributed by atoms with E-state index in [4.69, 9.17) is 16.3 Å². The van der Waals surface area contributed by atoms with Crippen molar-refractivity contribution in [3.05, 3.63) is 65.2 Å². The van der Waals surface area contributed by atoms with E-state index < -0.39 is 0 Å². The molecule has 0 bridgehead atoms. The van der Waals surface area contributed by atoms with Crippen molar-refractivity contribution < 1.29 is 9.53 Å². The molecule has 2 aromatic carbocycles. The molecule has 1 aliphatic heterocycles. The van der Waals surface area contributed by atoms with Crippen molar-refractivity contribution in [3.63, 3.8) is 0 Å². The number of nitrogens with one attached hydrogen (secondary N) is 2. The highest BCUT2D eigenvalue weighted by Gasteiger charge is 2.23. The fourth-order valence-electron chi connectivity index (χ4n) is 3.60. The number of halogens is 1. The van der Waals surface area contributed by atoms with E-state index in [1.165, 1.54) is 0 Å². The van der Waals surface area contributed by atoms with E-state index in [9.17, 15) is 4.79 Å². The first kappa shape index (κ1) is 19.3. The molecular formula is C22H23ClN4O2. The number of nitrogens with zero attached hydrogens (tertiary/aromatic N) is 2. The van der Waals surface area contributed by atoms with Gasteiger partial charge in [-0.3, -0.25) is 9.89 Å². The Bertz CT molecular complexity index is 978. The van der Waals surface area contributed by atoms with Crippen LogP contribution >= 0.6 is 11.6 Å². The minimum atomic E-state index is -0.0919. The molecule has 1 aromatic heterocycles. The summed E-state index contributed by atoms with van der Waals surface area (Å²) in [5.41, 5.74) is 2.58. The predicted molar refractivity (Wildman–Crippen MR) is 115 cm³/mol. The lowest BCUT2D eigenvalue weighted by Gasteiger charge is -2.32. The van der Waals surface area contributed by atoms with E-state index >= 15 is 0 Å². The first-order valence-electron chi connectivity index (χ1n) is 9.64. The van der Waals surface area contributed by atoms with Gasteiger partial charge in [0, 0.05) is 30.2 Å². The number of carbonyl (C=O) groups is 1. The number of hydrogen-bond donors (Lipinski definition) is 2. The molecule has 1 fully saturated rings. The fourth-order valence-corrected chi connectivity index (χ4v) is 3.72. The van der Waals surface area contributed by atoms with Gasteiger partial charge in [0.2, 0.25) is 0 Å². The van der Waals surface area contributed by atoms with Crippen molar-refractivity contribution in [2.24, 2.45) is 0 Å². The summed E-state index contributed by atoms with van der Waals surface area (Å²) in [7, 11) is 1.58. The standard InChI is InChI=1S/C22H23ClN4O2/c1-29-20-5-3-2-4-18(20)22(28)24-17-10-12-27(13-11-17)21-14-19(25-26-21)15-6-8-16(23)9-7-15/h2-9,14,17H,10-13H2,1H3,(H,24,28)(H,25,26). The molecule has 4 rings (SSSR count). The Morgan fingerprint density at radius 2 is 1.90 bits per heavy atom. The van der Waals surface area contributed by atoms with E-state index in [0.717, 1.165) is 43.0 Å². The lowest BCUT2D eigenvalue weighted by atomic mass is 10.0. The predicted octanol–water partition coefficient (Wildman–Crippen LogP) is 4.14. The minimum Gasteiger partial charge on any atom is -0.496 e. The second-order valence-corrected chi connectivity index (χ2v) is 7.52. The number of ether oxygens (including phenoxy) is 1. The van der Waals surface area contributed by atoms with Crippen molar-refractivity contribution in [2.75, 3.05) is 25.1 Å². The molecule has 0 spiro atoms. The topological polar surface area (TPSA) is 70.2 Å². The molecule has 0 aliphatic carbocycles. The summed E-state index contributed by atoms with van der Waals surface area (Å²) < 4.78 is 5.29. The van der Waals surface area contributed by atoms with Crippen LogP contribution in [0, 0.1) is 0 Å². The van der Waals surface area contributed by atoms with Crippen molar-refractivity contribution in [1.29, 1.82) is 0 Å². The monoisotopic (exact) mass is 410 g/mol. The zero-order valence-corrected chi connectivity index (χ0v) is 16.9. The summed E-state index contributed by atoms with van der Waals surface area (Å²) in [6, 6.07) is 17.2. The van der Waals surface area contributed by atoms with Crippen molar-refractivity contribution in [1.82, 2.24) is 15.5 Å². The number of carbonyl (C=O) groups excluding carboxylic acids is 1. The Morgan fingerprint density at radius 3 is 2.62 bits per heavy atom. The number of aromatic amines is 1. The highest BCUT2D eigenvalue weighted by molar-refractivity contribution is 6.30. The van der Waals surface area contributed by atoms with Gasteiger partial charge in [-0.2, -0.15) is 5.10 Å². The zero-order valence-electron chi connectivity index (χ0n) is 16.2. The number of amides is 1. The smallest absolute Gasteiger partial charge is 0.255 e. The van der Waals surface area contributed by atoms with Crippen LogP contribution in [-0.2, 0) is 0 Å². The van der Waals surface area contributed by atoms with Gasteiger partial charge in [-0.05, 0) is 42.7 Å². The van der Waals surface area contributed by atoms with Gasteiger partial charge >= 0.3 is 0 Å². The first-order chi connectivity index (χ1) is 14.1.